The molecule has 5 heteroatoms. The number of oxime groups is 1. The van der Waals surface area contributed by atoms with Crippen molar-refractivity contribution in [2.24, 2.45) is 10.9 Å². The van der Waals surface area contributed by atoms with E-state index in [1.54, 1.807) is 12.3 Å². The SMILES string of the molecule is Cc1cc(C)cc(N(C)c2ccc(C(N)=NO)cn2)c1. The van der Waals surface area contributed by atoms with Gasteiger partial charge in [0.2, 0.25) is 0 Å². The fourth-order valence-corrected chi connectivity index (χ4v) is 2.07. The molecule has 0 atom stereocenters. The highest BCUT2D eigenvalue weighted by molar-refractivity contribution is 5.96. The Labute approximate surface area is 118 Å². The lowest BCUT2D eigenvalue weighted by molar-refractivity contribution is 0.318. The molecule has 1 heterocycles. The summed E-state index contributed by atoms with van der Waals surface area (Å²) >= 11 is 0. The van der Waals surface area contributed by atoms with Crippen LogP contribution in [-0.4, -0.2) is 23.1 Å². The van der Waals surface area contributed by atoms with Gasteiger partial charge in [-0.05, 0) is 49.2 Å². The van der Waals surface area contributed by atoms with Crippen LogP contribution in [0.3, 0.4) is 0 Å². The molecule has 0 aliphatic rings. The molecule has 0 fully saturated rings. The minimum atomic E-state index is 0.0538. The molecule has 0 aliphatic carbocycles. The van der Waals surface area contributed by atoms with Crippen molar-refractivity contribution in [2.75, 3.05) is 11.9 Å². The molecule has 0 saturated carbocycles. The maximum Gasteiger partial charge on any atom is 0.171 e. The summed E-state index contributed by atoms with van der Waals surface area (Å²) in [6.45, 7) is 4.14. The van der Waals surface area contributed by atoms with E-state index in [1.165, 1.54) is 11.1 Å². The molecular weight excluding hydrogens is 252 g/mol. The standard InChI is InChI=1S/C15H18N4O/c1-10-6-11(2)8-13(7-10)19(3)14-5-4-12(9-17-14)15(16)18-20/h4-9,20H,1-3H3,(H2,16,18). The number of nitrogens with two attached hydrogens (primary N) is 1. The number of hydrogen-bond acceptors (Lipinski definition) is 4. The van der Waals surface area contributed by atoms with Gasteiger partial charge in [-0.1, -0.05) is 11.2 Å². The van der Waals surface area contributed by atoms with E-state index in [1.807, 2.05) is 18.0 Å². The molecule has 0 aliphatic heterocycles. The minimum absolute atomic E-state index is 0.0538. The number of anilines is 2. The van der Waals surface area contributed by atoms with Crippen LogP contribution in [0.2, 0.25) is 0 Å². The van der Waals surface area contributed by atoms with Gasteiger partial charge in [-0.15, -0.1) is 0 Å². The van der Waals surface area contributed by atoms with Crippen LogP contribution in [0.15, 0.2) is 41.7 Å². The van der Waals surface area contributed by atoms with Gasteiger partial charge in [0.25, 0.3) is 0 Å². The van der Waals surface area contributed by atoms with E-state index in [0.29, 0.717) is 5.56 Å². The van der Waals surface area contributed by atoms with Crippen molar-refractivity contribution in [2.45, 2.75) is 13.8 Å². The molecule has 0 spiro atoms. The van der Waals surface area contributed by atoms with Crippen LogP contribution in [0.25, 0.3) is 0 Å². The van der Waals surface area contributed by atoms with E-state index >= 15 is 0 Å². The number of amidine groups is 1. The van der Waals surface area contributed by atoms with Gasteiger partial charge >= 0.3 is 0 Å². The van der Waals surface area contributed by atoms with Crippen LogP contribution >= 0.6 is 0 Å². The van der Waals surface area contributed by atoms with Crippen molar-refractivity contribution in [1.82, 2.24) is 4.98 Å². The predicted octanol–water partition coefficient (Wildman–Crippen LogP) is 2.56. The first-order valence-electron chi connectivity index (χ1n) is 6.27. The highest BCUT2D eigenvalue weighted by Crippen LogP contribution is 2.24. The summed E-state index contributed by atoms with van der Waals surface area (Å²) < 4.78 is 0. The summed E-state index contributed by atoms with van der Waals surface area (Å²) in [6.07, 6.45) is 1.59. The summed E-state index contributed by atoms with van der Waals surface area (Å²) in [5.41, 5.74) is 9.60. The molecular formula is C15H18N4O. The van der Waals surface area contributed by atoms with Crippen molar-refractivity contribution in [3.8, 4) is 0 Å². The molecule has 5 nitrogen and oxygen atoms in total. The topological polar surface area (TPSA) is 74.7 Å². The number of aromatic nitrogens is 1. The summed E-state index contributed by atoms with van der Waals surface area (Å²) in [5.74, 6) is 0.850. The van der Waals surface area contributed by atoms with Crippen molar-refractivity contribution in [1.29, 1.82) is 0 Å². The average molecular weight is 270 g/mol. The second-order valence-corrected chi connectivity index (χ2v) is 4.80. The van der Waals surface area contributed by atoms with Crippen molar-refractivity contribution < 1.29 is 5.21 Å². The maximum absolute atomic E-state index is 8.63. The Hall–Kier alpha value is -2.56. The van der Waals surface area contributed by atoms with Gasteiger partial charge in [-0.25, -0.2) is 4.98 Å². The largest absolute Gasteiger partial charge is 0.409 e. The maximum atomic E-state index is 8.63. The second kappa shape index (κ2) is 5.61. The molecule has 0 radical (unpaired) electrons. The number of nitrogens with zero attached hydrogens (tertiary/aromatic N) is 3. The fraction of sp³-hybridized carbons (Fsp3) is 0.200. The zero-order chi connectivity index (χ0) is 14.7. The summed E-state index contributed by atoms with van der Waals surface area (Å²) in [4.78, 5) is 6.33. The van der Waals surface area contributed by atoms with Gasteiger partial charge in [0.15, 0.2) is 5.84 Å². The van der Waals surface area contributed by atoms with Crippen molar-refractivity contribution in [3.63, 3.8) is 0 Å². The number of benzene rings is 1. The Bertz CT molecular complexity index is 615. The molecule has 2 rings (SSSR count). The third-order valence-corrected chi connectivity index (χ3v) is 3.09. The van der Waals surface area contributed by atoms with E-state index < -0.39 is 0 Å². The highest BCUT2D eigenvalue weighted by atomic mass is 16.4. The zero-order valence-electron chi connectivity index (χ0n) is 11.8. The first-order chi connectivity index (χ1) is 9.51. The molecule has 1 aromatic carbocycles. The normalized spacial score (nSPS) is 11.4. The average Bonchev–Trinajstić information content (AvgIpc) is 2.45. The summed E-state index contributed by atoms with van der Waals surface area (Å²) in [7, 11) is 1.96. The molecule has 2 aromatic rings. The molecule has 20 heavy (non-hydrogen) atoms. The Kier molecular flexibility index (Phi) is 3.89. The lowest BCUT2D eigenvalue weighted by atomic mass is 10.1. The van der Waals surface area contributed by atoms with Gasteiger partial charge in [0, 0.05) is 24.5 Å². The van der Waals surface area contributed by atoms with E-state index in [-0.39, 0.29) is 5.84 Å². The van der Waals surface area contributed by atoms with E-state index in [4.69, 9.17) is 10.9 Å². The number of rotatable bonds is 3. The lowest BCUT2D eigenvalue weighted by Gasteiger charge is -2.19. The smallest absolute Gasteiger partial charge is 0.171 e. The third kappa shape index (κ3) is 2.88. The molecule has 0 unspecified atom stereocenters. The number of hydrogen-bond donors (Lipinski definition) is 2. The van der Waals surface area contributed by atoms with Gasteiger partial charge in [-0.3, -0.25) is 0 Å². The van der Waals surface area contributed by atoms with Crippen LogP contribution in [0, 0.1) is 13.8 Å². The molecule has 1 aromatic heterocycles. The summed E-state index contributed by atoms with van der Waals surface area (Å²) in [5, 5.41) is 11.6. The van der Waals surface area contributed by atoms with Gasteiger partial charge in [0.1, 0.15) is 5.82 Å². The first-order valence-corrected chi connectivity index (χ1v) is 6.27. The lowest BCUT2D eigenvalue weighted by Crippen LogP contribution is -2.15. The van der Waals surface area contributed by atoms with E-state index in [9.17, 15) is 0 Å². The molecule has 3 N–H and O–H groups in total. The highest BCUT2D eigenvalue weighted by Gasteiger charge is 2.07. The van der Waals surface area contributed by atoms with Gasteiger partial charge in [0.05, 0.1) is 0 Å². The quantitative estimate of drug-likeness (QED) is 0.389. The Balaban J connectivity index is 2.31. The number of pyridine rings is 1. The molecule has 104 valence electrons. The van der Waals surface area contributed by atoms with Crippen molar-refractivity contribution in [3.05, 3.63) is 53.2 Å². The molecule has 0 bridgehead atoms. The van der Waals surface area contributed by atoms with Crippen LogP contribution < -0.4 is 10.6 Å². The summed E-state index contributed by atoms with van der Waals surface area (Å²) in [6, 6.07) is 9.95. The first kappa shape index (κ1) is 13.9. The van der Waals surface area contributed by atoms with Crippen molar-refractivity contribution >= 4 is 17.3 Å². The zero-order valence-corrected chi connectivity index (χ0v) is 11.8. The van der Waals surface area contributed by atoms with Crippen LogP contribution in [0.1, 0.15) is 16.7 Å². The fourth-order valence-electron chi connectivity index (χ4n) is 2.07. The van der Waals surface area contributed by atoms with Crippen LogP contribution in [-0.2, 0) is 0 Å². The Morgan fingerprint density at radius 2 is 1.85 bits per heavy atom. The van der Waals surface area contributed by atoms with Gasteiger partial charge in [-0.2, -0.15) is 0 Å². The number of aryl methyl sites for hydroxylation is 2. The second-order valence-electron chi connectivity index (χ2n) is 4.80. The molecule has 0 amide bonds. The van der Waals surface area contributed by atoms with E-state index in [2.05, 4.69) is 42.2 Å². The molecule has 0 saturated heterocycles. The van der Waals surface area contributed by atoms with Crippen LogP contribution in [0.5, 0.6) is 0 Å². The van der Waals surface area contributed by atoms with Gasteiger partial charge < -0.3 is 15.8 Å². The minimum Gasteiger partial charge on any atom is -0.409 e. The Morgan fingerprint density at radius 3 is 2.35 bits per heavy atom. The monoisotopic (exact) mass is 270 g/mol. The van der Waals surface area contributed by atoms with Crippen LogP contribution in [0.4, 0.5) is 11.5 Å². The third-order valence-electron chi connectivity index (χ3n) is 3.09. The van der Waals surface area contributed by atoms with E-state index in [0.717, 1.165) is 11.5 Å². The predicted molar refractivity (Wildman–Crippen MR) is 80.7 cm³/mol. The Morgan fingerprint density at radius 1 is 1.20 bits per heavy atom.